The van der Waals surface area contributed by atoms with Crippen LogP contribution in [0, 0.1) is 6.92 Å². The lowest BCUT2D eigenvalue weighted by Gasteiger charge is -2.10. The third kappa shape index (κ3) is 9.45. The van der Waals surface area contributed by atoms with E-state index in [1.54, 1.807) is 0 Å². The molecule has 0 aliphatic rings. The molecule has 0 saturated heterocycles. The summed E-state index contributed by atoms with van der Waals surface area (Å²) < 4.78 is 16.3. The molecule has 0 aliphatic carbocycles. The van der Waals surface area contributed by atoms with Crippen molar-refractivity contribution in [3.63, 3.8) is 0 Å². The first-order valence-corrected chi connectivity index (χ1v) is 7.87. The predicted octanol–water partition coefficient (Wildman–Crippen LogP) is 3.26. The molecule has 0 aliphatic heterocycles. The fraction of sp³-hybridized carbons (Fsp3) is 0.647. The van der Waals surface area contributed by atoms with Crippen LogP contribution in [-0.2, 0) is 14.2 Å². The minimum absolute atomic E-state index is 0.626. The second-order valence-corrected chi connectivity index (χ2v) is 4.93. The van der Waals surface area contributed by atoms with Gasteiger partial charge in [-0.1, -0.05) is 31.5 Å². The Hall–Kier alpha value is -1.10. The fourth-order valence-corrected chi connectivity index (χ4v) is 1.82. The molecule has 1 rings (SSSR count). The summed E-state index contributed by atoms with van der Waals surface area (Å²) in [5.41, 5.74) is 2.42. The average molecular weight is 295 g/mol. The number of para-hydroxylation sites is 1. The van der Waals surface area contributed by atoms with Crippen LogP contribution < -0.4 is 5.32 Å². The van der Waals surface area contributed by atoms with E-state index < -0.39 is 0 Å². The smallest absolute Gasteiger partial charge is 0.0701 e. The van der Waals surface area contributed by atoms with E-state index >= 15 is 0 Å². The zero-order valence-electron chi connectivity index (χ0n) is 13.4. The molecule has 0 unspecified atom stereocenters. The van der Waals surface area contributed by atoms with E-state index in [2.05, 4.69) is 31.3 Å². The molecule has 0 radical (unpaired) electrons. The van der Waals surface area contributed by atoms with Gasteiger partial charge in [-0.2, -0.15) is 0 Å². The van der Waals surface area contributed by atoms with Gasteiger partial charge in [0.2, 0.25) is 0 Å². The summed E-state index contributed by atoms with van der Waals surface area (Å²) in [6.45, 7) is 9.16. The molecule has 120 valence electrons. The van der Waals surface area contributed by atoms with Gasteiger partial charge in [-0.15, -0.1) is 0 Å². The summed E-state index contributed by atoms with van der Waals surface area (Å²) in [4.78, 5) is 0. The second-order valence-electron chi connectivity index (χ2n) is 4.93. The highest BCUT2D eigenvalue weighted by Gasteiger charge is 1.95. The monoisotopic (exact) mass is 295 g/mol. The molecule has 1 aromatic carbocycles. The zero-order valence-corrected chi connectivity index (χ0v) is 13.4. The number of anilines is 1. The van der Waals surface area contributed by atoms with Crippen LogP contribution in [-0.4, -0.2) is 46.2 Å². The molecule has 0 saturated carbocycles. The van der Waals surface area contributed by atoms with Crippen molar-refractivity contribution in [2.24, 2.45) is 0 Å². The Morgan fingerprint density at radius 2 is 1.48 bits per heavy atom. The van der Waals surface area contributed by atoms with Gasteiger partial charge in [0.15, 0.2) is 0 Å². The first-order valence-electron chi connectivity index (χ1n) is 7.87. The lowest BCUT2D eigenvalue weighted by atomic mass is 10.2. The van der Waals surface area contributed by atoms with Crippen LogP contribution in [0.25, 0.3) is 0 Å². The topological polar surface area (TPSA) is 39.7 Å². The Morgan fingerprint density at radius 3 is 2.14 bits per heavy atom. The molecule has 4 nitrogen and oxygen atoms in total. The molecule has 0 aromatic heterocycles. The maximum atomic E-state index is 5.51. The number of unbranched alkanes of at least 4 members (excludes halogenated alkanes) is 1. The van der Waals surface area contributed by atoms with Crippen molar-refractivity contribution < 1.29 is 14.2 Å². The maximum absolute atomic E-state index is 5.51. The number of benzene rings is 1. The molecular weight excluding hydrogens is 266 g/mol. The number of aryl methyl sites for hydroxylation is 1. The van der Waals surface area contributed by atoms with Crippen LogP contribution in [0.4, 0.5) is 5.69 Å². The fourth-order valence-electron chi connectivity index (χ4n) is 1.82. The third-order valence-electron chi connectivity index (χ3n) is 3.09. The molecule has 1 aromatic rings. The standard InChI is InChI=1S/C17H29NO3/c1-3-4-10-19-12-14-21-15-13-20-11-9-18-17-8-6-5-7-16(17)2/h5-8,18H,3-4,9-15H2,1-2H3. The summed E-state index contributed by atoms with van der Waals surface area (Å²) in [6, 6.07) is 8.25. The number of hydrogen-bond acceptors (Lipinski definition) is 4. The Labute approximate surface area is 128 Å². The third-order valence-corrected chi connectivity index (χ3v) is 3.09. The predicted molar refractivity (Wildman–Crippen MR) is 87.0 cm³/mol. The molecule has 0 atom stereocenters. The van der Waals surface area contributed by atoms with Crippen LogP contribution >= 0.6 is 0 Å². The second kappa shape index (κ2) is 12.6. The maximum Gasteiger partial charge on any atom is 0.0701 e. The Bertz CT molecular complexity index is 358. The van der Waals surface area contributed by atoms with Crippen molar-refractivity contribution in [2.75, 3.05) is 51.5 Å². The SMILES string of the molecule is CCCCOCCOCCOCCNc1ccccc1C. The Kier molecular flexibility index (Phi) is 10.8. The molecule has 0 bridgehead atoms. The first-order chi connectivity index (χ1) is 10.3. The van der Waals surface area contributed by atoms with Gasteiger partial charge in [-0.25, -0.2) is 0 Å². The summed E-state index contributed by atoms with van der Waals surface area (Å²) in [5.74, 6) is 0. The largest absolute Gasteiger partial charge is 0.383 e. The van der Waals surface area contributed by atoms with Gasteiger partial charge in [0.1, 0.15) is 0 Å². The average Bonchev–Trinajstić information content (AvgIpc) is 2.50. The van der Waals surface area contributed by atoms with Gasteiger partial charge in [0, 0.05) is 18.8 Å². The molecule has 0 spiro atoms. The zero-order chi connectivity index (χ0) is 15.2. The van der Waals surface area contributed by atoms with E-state index in [9.17, 15) is 0 Å². The van der Waals surface area contributed by atoms with Crippen molar-refractivity contribution in [3.05, 3.63) is 29.8 Å². The van der Waals surface area contributed by atoms with Gasteiger partial charge in [0.25, 0.3) is 0 Å². The molecule has 4 heteroatoms. The van der Waals surface area contributed by atoms with E-state index in [4.69, 9.17) is 14.2 Å². The summed E-state index contributed by atoms with van der Waals surface area (Å²) >= 11 is 0. The molecule has 0 fully saturated rings. The van der Waals surface area contributed by atoms with E-state index in [0.29, 0.717) is 33.0 Å². The van der Waals surface area contributed by atoms with Crippen molar-refractivity contribution in [3.8, 4) is 0 Å². The van der Waals surface area contributed by atoms with Crippen molar-refractivity contribution in [2.45, 2.75) is 26.7 Å². The van der Waals surface area contributed by atoms with Crippen LogP contribution in [0.2, 0.25) is 0 Å². The van der Waals surface area contributed by atoms with Crippen molar-refractivity contribution in [1.82, 2.24) is 0 Å². The molecule has 0 amide bonds. The van der Waals surface area contributed by atoms with Gasteiger partial charge in [0.05, 0.1) is 33.0 Å². The van der Waals surface area contributed by atoms with Crippen molar-refractivity contribution in [1.29, 1.82) is 0 Å². The Morgan fingerprint density at radius 1 is 0.857 bits per heavy atom. The minimum atomic E-state index is 0.626. The van der Waals surface area contributed by atoms with E-state index in [0.717, 1.165) is 19.6 Å². The highest BCUT2D eigenvalue weighted by molar-refractivity contribution is 5.50. The highest BCUT2D eigenvalue weighted by Crippen LogP contribution is 2.12. The minimum Gasteiger partial charge on any atom is -0.383 e. The number of hydrogen-bond donors (Lipinski definition) is 1. The normalized spacial score (nSPS) is 10.8. The van der Waals surface area contributed by atoms with Crippen molar-refractivity contribution >= 4 is 5.69 Å². The van der Waals surface area contributed by atoms with Crippen LogP contribution in [0.5, 0.6) is 0 Å². The summed E-state index contributed by atoms with van der Waals surface area (Å²) in [6.07, 6.45) is 2.29. The van der Waals surface area contributed by atoms with Crippen LogP contribution in [0.15, 0.2) is 24.3 Å². The summed E-state index contributed by atoms with van der Waals surface area (Å²) in [7, 11) is 0. The van der Waals surface area contributed by atoms with Gasteiger partial charge >= 0.3 is 0 Å². The molecular formula is C17H29NO3. The van der Waals surface area contributed by atoms with Gasteiger partial charge in [-0.05, 0) is 25.0 Å². The van der Waals surface area contributed by atoms with Crippen LogP contribution in [0.1, 0.15) is 25.3 Å². The molecule has 0 heterocycles. The van der Waals surface area contributed by atoms with E-state index in [1.807, 2.05) is 12.1 Å². The van der Waals surface area contributed by atoms with E-state index in [1.165, 1.54) is 17.7 Å². The molecule has 1 N–H and O–H groups in total. The van der Waals surface area contributed by atoms with Crippen LogP contribution in [0.3, 0.4) is 0 Å². The molecule has 21 heavy (non-hydrogen) atoms. The number of ether oxygens (including phenoxy) is 3. The first kappa shape index (κ1) is 18.0. The van der Waals surface area contributed by atoms with Gasteiger partial charge < -0.3 is 19.5 Å². The summed E-state index contributed by atoms with van der Waals surface area (Å²) in [5, 5.41) is 3.36. The van der Waals surface area contributed by atoms with Gasteiger partial charge in [-0.3, -0.25) is 0 Å². The number of rotatable bonds is 13. The quantitative estimate of drug-likeness (QED) is 0.567. The Balaban J connectivity index is 1.84. The lowest BCUT2D eigenvalue weighted by Crippen LogP contribution is -2.14. The number of nitrogens with one attached hydrogen (secondary N) is 1. The lowest BCUT2D eigenvalue weighted by molar-refractivity contribution is 0.0159. The highest BCUT2D eigenvalue weighted by atomic mass is 16.5. The van der Waals surface area contributed by atoms with E-state index in [-0.39, 0.29) is 0 Å².